The lowest BCUT2D eigenvalue weighted by Crippen LogP contribution is -2.30. The average molecular weight is 278 g/mol. The van der Waals surface area contributed by atoms with Crippen molar-refractivity contribution in [1.82, 2.24) is 14.3 Å². The van der Waals surface area contributed by atoms with Crippen molar-refractivity contribution in [3.05, 3.63) is 12.5 Å². The normalized spacial score (nSPS) is 18.2. The van der Waals surface area contributed by atoms with Crippen LogP contribution in [0.15, 0.2) is 17.6 Å². The van der Waals surface area contributed by atoms with Gasteiger partial charge in [0, 0.05) is 25.7 Å². The average Bonchev–Trinajstić information content (AvgIpc) is 2.89. The molecule has 2 rings (SSSR count). The Morgan fingerprint density at radius 2 is 2.29 bits per heavy atom. The first kappa shape index (κ1) is 12.9. The third kappa shape index (κ3) is 3.00. The second-order valence-corrected chi connectivity index (χ2v) is 6.73. The second-order valence-electron chi connectivity index (χ2n) is 4.64. The molecule has 0 radical (unpaired) electrons. The van der Waals surface area contributed by atoms with Crippen LogP contribution in [0, 0.1) is 5.41 Å². The molecule has 0 bridgehead atoms. The molecule has 0 unspecified atom stereocenters. The summed E-state index contributed by atoms with van der Waals surface area (Å²) in [5.41, 5.74) is 0.0869. The zero-order valence-electron chi connectivity index (χ0n) is 9.69. The summed E-state index contributed by atoms with van der Waals surface area (Å²) >= 11 is 5.70. The predicted molar refractivity (Wildman–Crippen MR) is 65.4 cm³/mol. The van der Waals surface area contributed by atoms with Gasteiger partial charge in [-0.25, -0.2) is 18.1 Å². The van der Waals surface area contributed by atoms with E-state index in [0.29, 0.717) is 12.4 Å². The zero-order chi connectivity index (χ0) is 12.5. The highest BCUT2D eigenvalue weighted by atomic mass is 35.5. The fourth-order valence-electron chi connectivity index (χ4n) is 1.74. The molecule has 96 valence electrons. The lowest BCUT2D eigenvalue weighted by Gasteiger charge is -2.13. The third-order valence-corrected chi connectivity index (χ3v) is 4.65. The van der Waals surface area contributed by atoms with Crippen molar-refractivity contribution < 1.29 is 8.42 Å². The fraction of sp³-hybridized carbons (Fsp3) is 0.700. The maximum Gasteiger partial charge on any atom is 0.259 e. The van der Waals surface area contributed by atoms with Gasteiger partial charge in [-0.1, -0.05) is 0 Å². The standard InChI is InChI=1S/C10H16ClN3O2S/c1-14-6-9(12-8-14)17(15,16)13-7-10(2-3-10)4-5-11/h6,8,13H,2-5,7H2,1H3. The molecule has 0 aliphatic heterocycles. The molecule has 0 aromatic carbocycles. The van der Waals surface area contributed by atoms with E-state index in [9.17, 15) is 8.42 Å². The first-order valence-electron chi connectivity index (χ1n) is 5.51. The highest BCUT2D eigenvalue weighted by Crippen LogP contribution is 2.48. The van der Waals surface area contributed by atoms with E-state index in [1.807, 2.05) is 0 Å². The van der Waals surface area contributed by atoms with E-state index in [1.165, 1.54) is 12.5 Å². The summed E-state index contributed by atoms with van der Waals surface area (Å²) in [6, 6.07) is 0. The number of nitrogens with zero attached hydrogens (tertiary/aromatic N) is 2. The number of aryl methyl sites for hydroxylation is 1. The SMILES string of the molecule is Cn1cnc(S(=O)(=O)NCC2(CCCl)CC2)c1. The number of hydrogen-bond acceptors (Lipinski definition) is 3. The van der Waals surface area contributed by atoms with Crippen LogP contribution in [0.2, 0.25) is 0 Å². The number of halogens is 1. The van der Waals surface area contributed by atoms with Crippen molar-refractivity contribution in [2.45, 2.75) is 24.3 Å². The molecule has 0 spiro atoms. The van der Waals surface area contributed by atoms with E-state index in [-0.39, 0.29) is 10.4 Å². The largest absolute Gasteiger partial charge is 0.339 e. The number of nitrogens with one attached hydrogen (secondary N) is 1. The van der Waals surface area contributed by atoms with Crippen molar-refractivity contribution in [1.29, 1.82) is 0 Å². The third-order valence-electron chi connectivity index (χ3n) is 3.18. The van der Waals surface area contributed by atoms with E-state index in [4.69, 9.17) is 11.6 Å². The summed E-state index contributed by atoms with van der Waals surface area (Å²) in [4.78, 5) is 3.84. The fourth-order valence-corrected chi connectivity index (χ4v) is 3.28. The summed E-state index contributed by atoms with van der Waals surface area (Å²) < 4.78 is 28.0. The van der Waals surface area contributed by atoms with Crippen molar-refractivity contribution in [2.75, 3.05) is 12.4 Å². The van der Waals surface area contributed by atoms with Crippen LogP contribution < -0.4 is 4.72 Å². The molecule has 7 heteroatoms. The van der Waals surface area contributed by atoms with E-state index in [0.717, 1.165) is 19.3 Å². The number of rotatable bonds is 6. The molecule has 0 amide bonds. The van der Waals surface area contributed by atoms with Crippen molar-refractivity contribution in [2.24, 2.45) is 12.5 Å². The van der Waals surface area contributed by atoms with Crippen molar-refractivity contribution >= 4 is 21.6 Å². The minimum atomic E-state index is -3.48. The van der Waals surface area contributed by atoms with E-state index >= 15 is 0 Å². The van der Waals surface area contributed by atoms with Gasteiger partial charge >= 0.3 is 0 Å². The van der Waals surface area contributed by atoms with Crippen LogP contribution in [-0.2, 0) is 17.1 Å². The molecule has 1 saturated carbocycles. The molecular weight excluding hydrogens is 262 g/mol. The lowest BCUT2D eigenvalue weighted by molar-refractivity contribution is 0.477. The number of alkyl halides is 1. The van der Waals surface area contributed by atoms with E-state index in [1.54, 1.807) is 11.6 Å². The smallest absolute Gasteiger partial charge is 0.259 e. The van der Waals surface area contributed by atoms with Crippen molar-refractivity contribution in [3.63, 3.8) is 0 Å². The maximum atomic E-state index is 11.9. The molecule has 1 fully saturated rings. The molecule has 1 aromatic rings. The van der Waals surface area contributed by atoms with Gasteiger partial charge in [0.25, 0.3) is 10.0 Å². The van der Waals surface area contributed by atoms with E-state index < -0.39 is 10.0 Å². The molecule has 1 aliphatic carbocycles. The summed E-state index contributed by atoms with van der Waals surface area (Å²) in [6.07, 6.45) is 5.91. The minimum Gasteiger partial charge on any atom is -0.339 e. The Hall–Kier alpha value is -0.590. The van der Waals surface area contributed by atoms with Gasteiger partial charge in [-0.15, -0.1) is 11.6 Å². The van der Waals surface area contributed by atoms with Crippen LogP contribution in [0.3, 0.4) is 0 Å². The van der Waals surface area contributed by atoms with Crippen LogP contribution in [0.4, 0.5) is 0 Å². The van der Waals surface area contributed by atoms with Gasteiger partial charge in [-0.05, 0) is 24.7 Å². The second kappa shape index (κ2) is 4.59. The first-order valence-corrected chi connectivity index (χ1v) is 7.53. The minimum absolute atomic E-state index is 0.0710. The number of hydrogen-bond donors (Lipinski definition) is 1. The van der Waals surface area contributed by atoms with Gasteiger partial charge in [0.2, 0.25) is 0 Å². The Bertz CT molecular complexity index is 493. The number of imidazole rings is 1. The molecule has 1 heterocycles. The van der Waals surface area contributed by atoms with Crippen LogP contribution in [-0.4, -0.2) is 30.4 Å². The molecule has 0 atom stereocenters. The topological polar surface area (TPSA) is 64.0 Å². The van der Waals surface area contributed by atoms with E-state index in [2.05, 4.69) is 9.71 Å². The predicted octanol–water partition coefficient (Wildman–Crippen LogP) is 1.11. The molecule has 5 nitrogen and oxygen atoms in total. The molecular formula is C10H16ClN3O2S. The van der Waals surface area contributed by atoms with Gasteiger partial charge in [0.1, 0.15) is 0 Å². The Balaban J connectivity index is 1.99. The van der Waals surface area contributed by atoms with Crippen LogP contribution in [0.5, 0.6) is 0 Å². The molecule has 1 N–H and O–H groups in total. The Kier molecular flexibility index (Phi) is 3.47. The summed E-state index contributed by atoms with van der Waals surface area (Å²) in [5.74, 6) is 0.575. The molecule has 1 aliphatic rings. The quantitative estimate of drug-likeness (QED) is 0.792. The van der Waals surface area contributed by atoms with Crippen LogP contribution in [0.25, 0.3) is 0 Å². The first-order chi connectivity index (χ1) is 7.97. The highest BCUT2D eigenvalue weighted by molar-refractivity contribution is 7.89. The zero-order valence-corrected chi connectivity index (χ0v) is 11.3. The van der Waals surface area contributed by atoms with Crippen molar-refractivity contribution in [3.8, 4) is 0 Å². The van der Waals surface area contributed by atoms with Crippen LogP contribution in [0.1, 0.15) is 19.3 Å². The monoisotopic (exact) mass is 277 g/mol. The van der Waals surface area contributed by atoms with Gasteiger partial charge in [-0.2, -0.15) is 0 Å². The van der Waals surface area contributed by atoms with Gasteiger partial charge in [0.15, 0.2) is 5.03 Å². The highest BCUT2D eigenvalue weighted by Gasteiger charge is 2.42. The number of aromatic nitrogens is 2. The maximum absolute atomic E-state index is 11.9. The van der Waals surface area contributed by atoms with Gasteiger partial charge < -0.3 is 4.57 Å². The summed E-state index contributed by atoms with van der Waals surface area (Å²) in [6.45, 7) is 0.457. The van der Waals surface area contributed by atoms with Gasteiger partial charge in [-0.3, -0.25) is 0 Å². The van der Waals surface area contributed by atoms with Crippen LogP contribution >= 0.6 is 11.6 Å². The number of sulfonamides is 1. The summed E-state index contributed by atoms with van der Waals surface area (Å²) in [5, 5.41) is 0.0710. The Morgan fingerprint density at radius 1 is 1.59 bits per heavy atom. The Morgan fingerprint density at radius 3 is 2.76 bits per heavy atom. The molecule has 1 aromatic heterocycles. The molecule has 0 saturated heterocycles. The lowest BCUT2D eigenvalue weighted by atomic mass is 10.1. The molecule has 17 heavy (non-hydrogen) atoms. The van der Waals surface area contributed by atoms with Gasteiger partial charge in [0.05, 0.1) is 6.33 Å². The summed E-state index contributed by atoms with van der Waals surface area (Å²) in [7, 11) is -1.74. The Labute approximate surface area is 106 Å².